The molecule has 124 valence electrons. The molecule has 4 atom stereocenters. The van der Waals surface area contributed by atoms with Crippen LogP contribution < -0.4 is 0 Å². The van der Waals surface area contributed by atoms with E-state index in [1.165, 1.54) is 32.1 Å². The summed E-state index contributed by atoms with van der Waals surface area (Å²) in [4.78, 5) is 0. The van der Waals surface area contributed by atoms with E-state index in [1.807, 2.05) is 0 Å². The molecule has 2 rings (SSSR count). The van der Waals surface area contributed by atoms with Crippen LogP contribution in [0, 0.1) is 0 Å². The van der Waals surface area contributed by atoms with Gasteiger partial charge in [-0.15, -0.1) is 0 Å². The summed E-state index contributed by atoms with van der Waals surface area (Å²) < 4.78 is 23.4. The van der Waals surface area contributed by atoms with Crippen LogP contribution in [0.15, 0.2) is 0 Å². The maximum Gasteiger partial charge on any atom is 0.346 e. The van der Waals surface area contributed by atoms with Crippen LogP contribution in [0.1, 0.15) is 72.1 Å². The molecule has 2 aliphatic heterocycles. The summed E-state index contributed by atoms with van der Waals surface area (Å²) in [7, 11) is -2.68. The number of hydrogen-bond donors (Lipinski definition) is 0. The zero-order chi connectivity index (χ0) is 15.3. The molecule has 2 unspecified atom stereocenters. The first-order chi connectivity index (χ1) is 10.2. The molecule has 0 aromatic rings. The molecule has 0 N–H and O–H groups in total. The van der Waals surface area contributed by atoms with E-state index >= 15 is 0 Å². The van der Waals surface area contributed by atoms with Gasteiger partial charge < -0.3 is 4.52 Å². The second-order valence-electron chi connectivity index (χ2n) is 6.46. The van der Waals surface area contributed by atoms with Gasteiger partial charge in [-0.25, -0.2) is 9.34 Å². The van der Waals surface area contributed by atoms with Gasteiger partial charge in [0.1, 0.15) is 0 Å². The number of rotatable bonds is 12. The molecular formula is C16H33N2O2P. The molecule has 0 amide bonds. The van der Waals surface area contributed by atoms with Gasteiger partial charge in [-0.3, -0.25) is 4.57 Å². The second-order valence-corrected chi connectivity index (χ2v) is 8.73. The van der Waals surface area contributed by atoms with Gasteiger partial charge in [0.25, 0.3) is 0 Å². The van der Waals surface area contributed by atoms with E-state index in [0.29, 0.717) is 18.7 Å². The summed E-state index contributed by atoms with van der Waals surface area (Å²) >= 11 is 0. The Morgan fingerprint density at radius 3 is 1.90 bits per heavy atom. The third-order valence-electron chi connectivity index (χ3n) is 4.72. The molecule has 2 heterocycles. The molecule has 0 radical (unpaired) electrons. The molecule has 5 heteroatoms. The zero-order valence-electron chi connectivity index (χ0n) is 14.1. The lowest BCUT2D eigenvalue weighted by Gasteiger charge is -2.21. The monoisotopic (exact) mass is 316 g/mol. The smallest absolute Gasteiger partial charge is 0.306 e. The van der Waals surface area contributed by atoms with Crippen LogP contribution in [0.5, 0.6) is 0 Å². The normalized spacial score (nSPS) is 33.7. The first-order valence-electron chi connectivity index (χ1n) is 8.96. The van der Waals surface area contributed by atoms with Gasteiger partial charge in [0, 0.05) is 25.2 Å². The highest BCUT2D eigenvalue weighted by molar-refractivity contribution is 7.54. The fourth-order valence-corrected chi connectivity index (χ4v) is 5.90. The van der Waals surface area contributed by atoms with Crippen molar-refractivity contribution in [3.63, 3.8) is 0 Å². The Morgan fingerprint density at radius 2 is 1.43 bits per heavy atom. The topological polar surface area (TPSA) is 32.3 Å². The molecule has 2 saturated heterocycles. The fraction of sp³-hybridized carbons (Fsp3) is 1.00. The van der Waals surface area contributed by atoms with E-state index in [0.717, 1.165) is 32.4 Å². The van der Waals surface area contributed by atoms with Crippen LogP contribution in [0.4, 0.5) is 0 Å². The van der Waals surface area contributed by atoms with Gasteiger partial charge in [0.15, 0.2) is 0 Å². The predicted molar refractivity (Wildman–Crippen MR) is 88.5 cm³/mol. The average molecular weight is 316 g/mol. The Labute approximate surface area is 130 Å². The molecule has 21 heavy (non-hydrogen) atoms. The Bertz CT molecular complexity index is 342. The molecule has 0 aromatic carbocycles. The molecule has 2 fully saturated rings. The predicted octanol–water partition coefficient (Wildman–Crippen LogP) is 4.66. The lowest BCUT2D eigenvalue weighted by atomic mass is 10.1. The Morgan fingerprint density at radius 1 is 0.905 bits per heavy atom. The summed E-state index contributed by atoms with van der Waals surface area (Å²) in [6, 6.07) is 0.969. The van der Waals surface area contributed by atoms with Crippen molar-refractivity contribution in [2.45, 2.75) is 84.2 Å². The summed E-state index contributed by atoms with van der Waals surface area (Å²) in [6.45, 7) is 9.14. The molecule has 0 bridgehead atoms. The standard InChI is InChI=1S/C16H33N2O2P/c1-4-7-8-9-10-11-12-20-21(19,17-13-15(17)5-2)18-14-16(18)6-3/h15-16H,4-14H2,1-3H3/t15-,16-,17?,18?,21?/m0/s1. The van der Waals surface area contributed by atoms with Crippen LogP contribution in [-0.2, 0) is 9.09 Å². The number of unbranched alkanes of at least 4 members (excludes halogenated alkanes) is 5. The van der Waals surface area contributed by atoms with Crippen molar-refractivity contribution < 1.29 is 9.09 Å². The van der Waals surface area contributed by atoms with Crippen molar-refractivity contribution in [1.29, 1.82) is 0 Å². The van der Waals surface area contributed by atoms with E-state index in [9.17, 15) is 4.57 Å². The first-order valence-corrected chi connectivity index (χ1v) is 10.5. The summed E-state index contributed by atoms with van der Waals surface area (Å²) in [5.74, 6) is 0. The van der Waals surface area contributed by atoms with Crippen molar-refractivity contribution in [1.82, 2.24) is 9.34 Å². The number of hydrogen-bond acceptors (Lipinski definition) is 2. The van der Waals surface area contributed by atoms with Crippen LogP contribution >= 0.6 is 7.67 Å². The van der Waals surface area contributed by atoms with Crippen molar-refractivity contribution in [2.75, 3.05) is 19.7 Å². The van der Waals surface area contributed by atoms with Crippen LogP contribution in [-0.4, -0.2) is 41.1 Å². The maximum atomic E-state index is 13.2. The van der Waals surface area contributed by atoms with Gasteiger partial charge in [-0.2, -0.15) is 0 Å². The van der Waals surface area contributed by atoms with Gasteiger partial charge in [-0.1, -0.05) is 52.9 Å². The van der Waals surface area contributed by atoms with E-state index < -0.39 is 7.67 Å². The van der Waals surface area contributed by atoms with Crippen molar-refractivity contribution >= 4 is 7.67 Å². The largest absolute Gasteiger partial charge is 0.346 e. The van der Waals surface area contributed by atoms with Crippen LogP contribution in [0.3, 0.4) is 0 Å². The van der Waals surface area contributed by atoms with Crippen LogP contribution in [0.25, 0.3) is 0 Å². The number of nitrogens with zero attached hydrogens (tertiary/aromatic N) is 2. The van der Waals surface area contributed by atoms with Gasteiger partial charge >= 0.3 is 7.67 Å². The Kier molecular flexibility index (Phi) is 6.74. The summed E-state index contributed by atoms with van der Waals surface area (Å²) in [6.07, 6.45) is 9.62. The molecule has 2 aliphatic rings. The highest BCUT2D eigenvalue weighted by Crippen LogP contribution is 2.65. The lowest BCUT2D eigenvalue weighted by molar-refractivity contribution is 0.259. The van der Waals surface area contributed by atoms with Crippen molar-refractivity contribution in [3.8, 4) is 0 Å². The van der Waals surface area contributed by atoms with Gasteiger partial charge in [0.2, 0.25) is 0 Å². The highest BCUT2D eigenvalue weighted by Gasteiger charge is 2.57. The maximum absolute atomic E-state index is 13.2. The molecule has 0 aliphatic carbocycles. The Hall–Kier alpha value is 0.110. The summed E-state index contributed by atoms with van der Waals surface area (Å²) in [5.41, 5.74) is 0. The fourth-order valence-electron chi connectivity index (χ4n) is 3.00. The Balaban J connectivity index is 1.72. The van der Waals surface area contributed by atoms with Crippen LogP contribution in [0.2, 0.25) is 0 Å². The minimum Gasteiger partial charge on any atom is -0.306 e. The molecule has 4 nitrogen and oxygen atoms in total. The van der Waals surface area contributed by atoms with E-state index in [1.54, 1.807) is 0 Å². The van der Waals surface area contributed by atoms with E-state index in [4.69, 9.17) is 4.52 Å². The minimum absolute atomic E-state index is 0.485. The third kappa shape index (κ3) is 4.54. The van der Waals surface area contributed by atoms with E-state index in [2.05, 4.69) is 30.1 Å². The van der Waals surface area contributed by atoms with Gasteiger partial charge in [0.05, 0.1) is 6.61 Å². The van der Waals surface area contributed by atoms with E-state index in [-0.39, 0.29) is 0 Å². The van der Waals surface area contributed by atoms with Gasteiger partial charge in [-0.05, 0) is 19.3 Å². The second kappa shape index (κ2) is 8.10. The molecule has 0 spiro atoms. The van der Waals surface area contributed by atoms with Crippen molar-refractivity contribution in [3.05, 3.63) is 0 Å². The molecular weight excluding hydrogens is 283 g/mol. The third-order valence-corrected chi connectivity index (χ3v) is 7.52. The molecule has 0 aromatic heterocycles. The zero-order valence-corrected chi connectivity index (χ0v) is 15.0. The average Bonchev–Trinajstić information content (AvgIpc) is 3.39. The quantitative estimate of drug-likeness (QED) is 0.298. The first kappa shape index (κ1) is 17.5. The minimum atomic E-state index is -2.68. The van der Waals surface area contributed by atoms with Crippen molar-refractivity contribution in [2.24, 2.45) is 0 Å². The molecule has 0 saturated carbocycles. The highest BCUT2D eigenvalue weighted by atomic mass is 31.2. The lowest BCUT2D eigenvalue weighted by Crippen LogP contribution is -2.12. The summed E-state index contributed by atoms with van der Waals surface area (Å²) in [5, 5.41) is 0. The SMILES string of the molecule is CCCCCCCCOP(=O)(N1C[C@@H]1CC)N1C[C@@H]1CC.